The fourth-order valence-electron chi connectivity index (χ4n) is 3.15. The lowest BCUT2D eigenvalue weighted by Gasteiger charge is -2.24. The molecule has 0 aliphatic carbocycles. The lowest BCUT2D eigenvalue weighted by atomic mass is 9.87. The highest BCUT2D eigenvalue weighted by molar-refractivity contribution is 5.85. The summed E-state index contributed by atoms with van der Waals surface area (Å²) in [6, 6.07) is 8.25. The number of benzene rings is 2. The highest BCUT2D eigenvalue weighted by atomic mass is 35.5. The number of likely N-dealkylation sites (N-methyl/N-ethyl adjacent to an activating group) is 1. The number of nitrogens with zero attached hydrogens (tertiary/aromatic N) is 1. The van der Waals surface area contributed by atoms with E-state index >= 15 is 0 Å². The van der Waals surface area contributed by atoms with E-state index in [-0.39, 0.29) is 18.3 Å². The van der Waals surface area contributed by atoms with Crippen molar-refractivity contribution in [3.63, 3.8) is 0 Å². The Balaban J connectivity index is 0.00000288. The molecule has 0 aliphatic rings. The average molecular weight is 350 g/mol. The van der Waals surface area contributed by atoms with Crippen molar-refractivity contribution in [2.75, 3.05) is 20.6 Å². The molecule has 24 heavy (non-hydrogen) atoms. The minimum absolute atomic E-state index is 0. The van der Waals surface area contributed by atoms with Crippen molar-refractivity contribution in [3.05, 3.63) is 57.6 Å². The summed E-state index contributed by atoms with van der Waals surface area (Å²) in [5.41, 5.74) is 5.98. The summed E-state index contributed by atoms with van der Waals surface area (Å²) in [5, 5.41) is 20.1. The quantitative estimate of drug-likeness (QED) is 0.857. The molecule has 3 nitrogen and oxygen atoms in total. The first kappa shape index (κ1) is 20.3. The monoisotopic (exact) mass is 349 g/mol. The van der Waals surface area contributed by atoms with Crippen LogP contribution >= 0.6 is 12.4 Å². The number of aryl methyl sites for hydroxylation is 4. The molecule has 0 radical (unpaired) electrons. The van der Waals surface area contributed by atoms with Gasteiger partial charge in [0.1, 0.15) is 11.5 Å². The minimum atomic E-state index is 0. The Morgan fingerprint density at radius 1 is 0.750 bits per heavy atom. The third-order valence-electron chi connectivity index (χ3n) is 4.38. The maximum Gasteiger partial charge on any atom is 0.121 e. The molecule has 2 rings (SSSR count). The molecule has 0 heterocycles. The molecule has 0 spiro atoms. The second-order valence-corrected chi connectivity index (χ2v) is 6.82. The SMILES string of the molecule is Cc1cc(C(CN(C)C)c2cc(C)c(O)c(C)c2)cc(C)c1O.Cl. The van der Waals surface area contributed by atoms with Gasteiger partial charge in [-0.05, 0) is 75.2 Å². The van der Waals surface area contributed by atoms with Crippen LogP contribution in [0, 0.1) is 27.7 Å². The molecule has 0 saturated heterocycles. The van der Waals surface area contributed by atoms with Crippen LogP contribution < -0.4 is 0 Å². The van der Waals surface area contributed by atoms with E-state index in [4.69, 9.17) is 0 Å². The van der Waals surface area contributed by atoms with E-state index in [9.17, 15) is 10.2 Å². The number of hydrogen-bond acceptors (Lipinski definition) is 3. The normalized spacial score (nSPS) is 11.0. The largest absolute Gasteiger partial charge is 0.507 e. The molecular weight excluding hydrogens is 322 g/mol. The van der Waals surface area contributed by atoms with E-state index in [0.717, 1.165) is 28.8 Å². The third-order valence-corrected chi connectivity index (χ3v) is 4.38. The molecule has 0 aliphatic heterocycles. The summed E-state index contributed by atoms with van der Waals surface area (Å²) in [7, 11) is 4.13. The topological polar surface area (TPSA) is 43.7 Å². The van der Waals surface area contributed by atoms with Crippen molar-refractivity contribution in [1.82, 2.24) is 4.90 Å². The van der Waals surface area contributed by atoms with Gasteiger partial charge in [0, 0.05) is 12.5 Å². The molecule has 0 aromatic heterocycles. The van der Waals surface area contributed by atoms with Crippen molar-refractivity contribution in [2.24, 2.45) is 0 Å². The summed E-state index contributed by atoms with van der Waals surface area (Å²) >= 11 is 0. The Morgan fingerprint density at radius 3 is 1.29 bits per heavy atom. The summed E-state index contributed by atoms with van der Waals surface area (Å²) in [5.74, 6) is 0.937. The van der Waals surface area contributed by atoms with Crippen LogP contribution in [0.2, 0.25) is 0 Å². The number of hydrogen-bond donors (Lipinski definition) is 2. The zero-order valence-corrected chi connectivity index (χ0v) is 16.2. The lowest BCUT2D eigenvalue weighted by Crippen LogP contribution is -2.21. The first-order valence-electron chi connectivity index (χ1n) is 7.95. The predicted molar refractivity (Wildman–Crippen MR) is 103 cm³/mol. The van der Waals surface area contributed by atoms with Gasteiger partial charge >= 0.3 is 0 Å². The summed E-state index contributed by atoms with van der Waals surface area (Å²) < 4.78 is 0. The highest BCUT2D eigenvalue weighted by Crippen LogP contribution is 2.34. The van der Waals surface area contributed by atoms with Gasteiger partial charge in [-0.15, -0.1) is 12.4 Å². The zero-order valence-electron chi connectivity index (χ0n) is 15.3. The molecule has 0 saturated carbocycles. The molecule has 0 bridgehead atoms. The molecule has 0 amide bonds. The van der Waals surface area contributed by atoms with Crippen LogP contribution in [0.25, 0.3) is 0 Å². The van der Waals surface area contributed by atoms with Gasteiger partial charge in [0.2, 0.25) is 0 Å². The zero-order chi connectivity index (χ0) is 17.3. The molecule has 132 valence electrons. The Hall–Kier alpha value is -1.71. The van der Waals surface area contributed by atoms with Gasteiger partial charge in [0.25, 0.3) is 0 Å². The summed E-state index contributed by atoms with van der Waals surface area (Å²) in [6.07, 6.45) is 0. The number of rotatable bonds is 4. The maximum atomic E-state index is 10.0. The summed E-state index contributed by atoms with van der Waals surface area (Å²) in [6.45, 7) is 8.61. The molecule has 2 aromatic carbocycles. The van der Waals surface area contributed by atoms with Crippen LogP contribution in [0.15, 0.2) is 24.3 Å². The second-order valence-electron chi connectivity index (χ2n) is 6.82. The number of halogens is 1. The van der Waals surface area contributed by atoms with E-state index in [1.54, 1.807) is 0 Å². The Kier molecular flexibility index (Phi) is 6.70. The van der Waals surface area contributed by atoms with Gasteiger partial charge in [-0.25, -0.2) is 0 Å². The molecule has 2 N–H and O–H groups in total. The van der Waals surface area contributed by atoms with E-state index in [2.05, 4.69) is 43.3 Å². The van der Waals surface area contributed by atoms with Crippen molar-refractivity contribution < 1.29 is 10.2 Å². The fraction of sp³-hybridized carbons (Fsp3) is 0.400. The van der Waals surface area contributed by atoms with E-state index in [1.807, 2.05) is 27.7 Å². The molecule has 0 fully saturated rings. The maximum absolute atomic E-state index is 10.0. The molecule has 4 heteroatoms. The van der Waals surface area contributed by atoms with Crippen molar-refractivity contribution in [3.8, 4) is 11.5 Å². The average Bonchev–Trinajstić information content (AvgIpc) is 2.46. The van der Waals surface area contributed by atoms with Crippen LogP contribution in [-0.2, 0) is 0 Å². The van der Waals surface area contributed by atoms with Crippen molar-refractivity contribution in [1.29, 1.82) is 0 Å². The molecular formula is C20H28ClNO2. The number of phenols is 2. The second kappa shape index (κ2) is 7.91. The van der Waals surface area contributed by atoms with Gasteiger partial charge in [0.05, 0.1) is 0 Å². The molecule has 0 atom stereocenters. The lowest BCUT2D eigenvalue weighted by molar-refractivity contribution is 0.391. The minimum Gasteiger partial charge on any atom is -0.507 e. The van der Waals surface area contributed by atoms with Gasteiger partial charge in [-0.1, -0.05) is 24.3 Å². The Bertz CT molecular complexity index is 622. The van der Waals surface area contributed by atoms with Gasteiger partial charge in [-0.3, -0.25) is 0 Å². The van der Waals surface area contributed by atoms with Crippen LogP contribution in [-0.4, -0.2) is 35.8 Å². The number of aromatic hydroxyl groups is 2. The fourth-order valence-corrected chi connectivity index (χ4v) is 3.15. The molecule has 2 aromatic rings. The smallest absolute Gasteiger partial charge is 0.121 e. The highest BCUT2D eigenvalue weighted by Gasteiger charge is 2.19. The van der Waals surface area contributed by atoms with Gasteiger partial charge in [-0.2, -0.15) is 0 Å². The first-order chi connectivity index (χ1) is 10.7. The standard InChI is InChI=1S/C20H27NO2.ClH/c1-12-7-16(8-13(2)19(12)22)18(11-21(5)6)17-9-14(3)20(23)15(4)10-17;/h7-10,18,22-23H,11H2,1-6H3;1H. The van der Waals surface area contributed by atoms with Crippen LogP contribution in [0.1, 0.15) is 39.3 Å². The van der Waals surface area contributed by atoms with Crippen LogP contribution in [0.4, 0.5) is 0 Å². The first-order valence-corrected chi connectivity index (χ1v) is 7.95. The van der Waals surface area contributed by atoms with Crippen LogP contribution in [0.3, 0.4) is 0 Å². The van der Waals surface area contributed by atoms with E-state index < -0.39 is 0 Å². The van der Waals surface area contributed by atoms with Gasteiger partial charge < -0.3 is 15.1 Å². The van der Waals surface area contributed by atoms with Crippen molar-refractivity contribution >= 4 is 12.4 Å². The van der Waals surface area contributed by atoms with E-state index in [1.165, 1.54) is 11.1 Å². The Labute approximate surface area is 151 Å². The summed E-state index contributed by atoms with van der Waals surface area (Å²) in [4.78, 5) is 2.17. The third kappa shape index (κ3) is 4.22. The predicted octanol–water partition coefficient (Wildman–Crippen LogP) is 4.45. The van der Waals surface area contributed by atoms with E-state index in [0.29, 0.717) is 11.5 Å². The Morgan fingerprint density at radius 2 is 1.04 bits per heavy atom. The molecule has 0 unspecified atom stereocenters. The number of phenolic OH excluding ortho intramolecular Hbond substituents is 2. The van der Waals surface area contributed by atoms with Gasteiger partial charge in [0.15, 0.2) is 0 Å². The van der Waals surface area contributed by atoms with Crippen LogP contribution in [0.5, 0.6) is 11.5 Å². The van der Waals surface area contributed by atoms with Crippen molar-refractivity contribution in [2.45, 2.75) is 33.6 Å².